The van der Waals surface area contributed by atoms with Crippen LogP contribution in [0.3, 0.4) is 0 Å². The minimum Gasteiger partial charge on any atom is -0.369 e. The first-order valence-electron chi connectivity index (χ1n) is 3.59. The number of primary amides is 1. The highest BCUT2D eigenvalue weighted by Gasteiger charge is 1.98. The summed E-state index contributed by atoms with van der Waals surface area (Å²) in [4.78, 5) is 10.5. The zero-order chi connectivity index (χ0) is 8.97. The third-order valence-electron chi connectivity index (χ3n) is 1.46. The van der Waals surface area contributed by atoms with Gasteiger partial charge < -0.3 is 5.73 Å². The molecule has 2 N–H and O–H groups in total. The van der Waals surface area contributed by atoms with E-state index >= 15 is 0 Å². The van der Waals surface area contributed by atoms with Crippen LogP contribution < -0.4 is 5.73 Å². The van der Waals surface area contributed by atoms with Gasteiger partial charge in [0.25, 0.3) is 0 Å². The number of hydrogen-bond acceptors (Lipinski definition) is 1. The molecule has 1 radical (unpaired) electrons. The van der Waals surface area contributed by atoms with Crippen LogP contribution in [-0.4, -0.2) is 5.91 Å². The average molecular weight is 160 g/mol. The van der Waals surface area contributed by atoms with Gasteiger partial charge in [-0.1, -0.05) is 36.9 Å². The topological polar surface area (TPSA) is 43.1 Å². The summed E-state index contributed by atoms with van der Waals surface area (Å²) in [5.41, 5.74) is 6.78. The molecule has 0 heterocycles. The van der Waals surface area contributed by atoms with Gasteiger partial charge in [-0.2, -0.15) is 0 Å². The van der Waals surface area contributed by atoms with Crippen molar-refractivity contribution < 1.29 is 4.79 Å². The maximum Gasteiger partial charge on any atom is 0.226 e. The molecule has 0 saturated heterocycles. The third-order valence-corrected chi connectivity index (χ3v) is 1.46. The van der Waals surface area contributed by atoms with E-state index in [4.69, 9.17) is 5.73 Å². The lowest BCUT2D eigenvalue weighted by atomic mass is 10.1. The van der Waals surface area contributed by atoms with E-state index in [2.05, 4.69) is 6.58 Å². The van der Waals surface area contributed by atoms with E-state index in [1.54, 1.807) is 6.08 Å². The molecule has 0 saturated carbocycles. The van der Waals surface area contributed by atoms with Gasteiger partial charge in [-0.15, -0.1) is 0 Å². The first kappa shape index (κ1) is 8.53. The molecule has 0 bridgehead atoms. The quantitative estimate of drug-likeness (QED) is 0.713. The average Bonchev–Trinajstić information content (AvgIpc) is 2.03. The predicted octanol–water partition coefficient (Wildman–Crippen LogP) is 1.37. The summed E-state index contributed by atoms with van der Waals surface area (Å²) in [5, 5.41) is 0. The highest BCUT2D eigenvalue weighted by atomic mass is 16.1. The number of amides is 1. The van der Waals surface area contributed by atoms with Gasteiger partial charge in [-0.05, 0) is 11.1 Å². The standard InChI is InChI=1S/C10H10NO/c1-2-8-4-3-5-9(6-8)7-10(11)12/h2-7H,1H2,(H2,11,12). The second kappa shape index (κ2) is 3.72. The summed E-state index contributed by atoms with van der Waals surface area (Å²) in [7, 11) is 0. The summed E-state index contributed by atoms with van der Waals surface area (Å²) in [6, 6.07) is 7.42. The lowest BCUT2D eigenvalue weighted by Gasteiger charge is -1.97. The molecule has 0 aliphatic heterocycles. The van der Waals surface area contributed by atoms with Crippen LogP contribution in [0.25, 0.3) is 6.08 Å². The molecule has 0 aromatic heterocycles. The Bertz CT molecular complexity index is 304. The van der Waals surface area contributed by atoms with E-state index in [9.17, 15) is 4.79 Å². The Morgan fingerprint density at radius 3 is 2.67 bits per heavy atom. The second-order valence-electron chi connectivity index (χ2n) is 2.42. The summed E-state index contributed by atoms with van der Waals surface area (Å²) < 4.78 is 0. The fourth-order valence-electron chi connectivity index (χ4n) is 0.940. The number of carbonyl (C=O) groups excluding carboxylic acids is 1. The zero-order valence-corrected chi connectivity index (χ0v) is 6.66. The van der Waals surface area contributed by atoms with Crippen LogP contribution in [0, 0.1) is 6.42 Å². The normalized spacial score (nSPS) is 9.33. The van der Waals surface area contributed by atoms with Crippen molar-refractivity contribution in [1.82, 2.24) is 0 Å². The largest absolute Gasteiger partial charge is 0.369 e. The SMILES string of the molecule is C=Cc1cccc([CH]C(N)=O)c1. The molecule has 1 rings (SSSR count). The Balaban J connectivity index is 2.86. The van der Waals surface area contributed by atoms with Crippen molar-refractivity contribution in [2.24, 2.45) is 5.73 Å². The second-order valence-corrected chi connectivity index (χ2v) is 2.42. The van der Waals surface area contributed by atoms with Crippen LogP contribution in [0.4, 0.5) is 0 Å². The van der Waals surface area contributed by atoms with Crippen LogP contribution in [-0.2, 0) is 4.79 Å². The van der Waals surface area contributed by atoms with Gasteiger partial charge in [0, 0.05) is 0 Å². The third kappa shape index (κ3) is 2.23. The lowest BCUT2D eigenvalue weighted by molar-refractivity contribution is -0.114. The van der Waals surface area contributed by atoms with Crippen molar-refractivity contribution in [2.45, 2.75) is 0 Å². The number of carbonyl (C=O) groups is 1. The fraction of sp³-hybridized carbons (Fsp3) is 0. The molecule has 0 aliphatic carbocycles. The first-order valence-corrected chi connectivity index (χ1v) is 3.59. The molecule has 0 unspecified atom stereocenters. The molecule has 0 aliphatic rings. The molecular formula is C10H10NO. The van der Waals surface area contributed by atoms with Gasteiger partial charge in [0.2, 0.25) is 5.91 Å². The van der Waals surface area contributed by atoms with Crippen LogP contribution in [0.1, 0.15) is 11.1 Å². The van der Waals surface area contributed by atoms with E-state index in [0.717, 1.165) is 11.1 Å². The molecule has 61 valence electrons. The Morgan fingerprint density at radius 2 is 2.08 bits per heavy atom. The van der Waals surface area contributed by atoms with E-state index in [-0.39, 0.29) is 0 Å². The van der Waals surface area contributed by atoms with E-state index in [0.29, 0.717) is 0 Å². The smallest absolute Gasteiger partial charge is 0.226 e. The molecule has 2 nitrogen and oxygen atoms in total. The number of benzene rings is 1. The Hall–Kier alpha value is -1.57. The van der Waals surface area contributed by atoms with Crippen molar-refractivity contribution in [1.29, 1.82) is 0 Å². The van der Waals surface area contributed by atoms with Gasteiger partial charge in [-0.3, -0.25) is 4.79 Å². The molecule has 0 fully saturated rings. The van der Waals surface area contributed by atoms with Crippen LogP contribution in [0.15, 0.2) is 30.8 Å². The van der Waals surface area contributed by atoms with Crippen LogP contribution >= 0.6 is 0 Å². The molecule has 0 spiro atoms. The van der Waals surface area contributed by atoms with Gasteiger partial charge in [0.15, 0.2) is 0 Å². The summed E-state index contributed by atoms with van der Waals surface area (Å²) >= 11 is 0. The van der Waals surface area contributed by atoms with Crippen molar-refractivity contribution in [3.8, 4) is 0 Å². The number of hydrogen-bond donors (Lipinski definition) is 1. The molecular weight excluding hydrogens is 150 g/mol. The van der Waals surface area contributed by atoms with Crippen molar-refractivity contribution >= 4 is 12.0 Å². The molecule has 0 atom stereocenters. The van der Waals surface area contributed by atoms with E-state index in [1.165, 1.54) is 6.42 Å². The fourth-order valence-corrected chi connectivity index (χ4v) is 0.940. The first-order chi connectivity index (χ1) is 5.72. The van der Waals surface area contributed by atoms with Gasteiger partial charge >= 0.3 is 0 Å². The molecule has 1 aromatic carbocycles. The number of rotatable bonds is 3. The zero-order valence-electron chi connectivity index (χ0n) is 6.66. The van der Waals surface area contributed by atoms with Gasteiger partial charge in [-0.25, -0.2) is 0 Å². The minimum atomic E-state index is -0.434. The maximum absolute atomic E-state index is 10.5. The monoisotopic (exact) mass is 160 g/mol. The number of nitrogens with two attached hydrogens (primary N) is 1. The molecule has 12 heavy (non-hydrogen) atoms. The van der Waals surface area contributed by atoms with Gasteiger partial charge in [0.05, 0.1) is 6.42 Å². The Kier molecular flexibility index (Phi) is 2.64. The molecule has 1 amide bonds. The van der Waals surface area contributed by atoms with Crippen molar-refractivity contribution in [3.63, 3.8) is 0 Å². The van der Waals surface area contributed by atoms with Crippen molar-refractivity contribution in [3.05, 3.63) is 48.4 Å². The highest BCUT2D eigenvalue weighted by Crippen LogP contribution is 2.07. The highest BCUT2D eigenvalue weighted by molar-refractivity contribution is 5.86. The summed E-state index contributed by atoms with van der Waals surface area (Å²) in [5.74, 6) is -0.434. The summed E-state index contributed by atoms with van der Waals surface area (Å²) in [6.45, 7) is 3.62. The molecule has 1 aromatic rings. The lowest BCUT2D eigenvalue weighted by Crippen LogP contribution is -2.11. The van der Waals surface area contributed by atoms with E-state index < -0.39 is 5.91 Å². The predicted molar refractivity (Wildman–Crippen MR) is 49.1 cm³/mol. The van der Waals surface area contributed by atoms with Crippen LogP contribution in [0.5, 0.6) is 0 Å². The Labute approximate surface area is 71.7 Å². The minimum absolute atomic E-state index is 0.434. The molecule has 2 heteroatoms. The summed E-state index contributed by atoms with van der Waals surface area (Å²) in [6.07, 6.45) is 3.10. The van der Waals surface area contributed by atoms with Crippen LogP contribution in [0.2, 0.25) is 0 Å². The van der Waals surface area contributed by atoms with Gasteiger partial charge in [0.1, 0.15) is 0 Å². The van der Waals surface area contributed by atoms with Crippen molar-refractivity contribution in [2.75, 3.05) is 0 Å². The van der Waals surface area contributed by atoms with E-state index in [1.807, 2.05) is 24.3 Å². The Morgan fingerprint density at radius 1 is 1.42 bits per heavy atom. The maximum atomic E-state index is 10.5.